The zero-order chi connectivity index (χ0) is 16.8. The van der Waals surface area contributed by atoms with Crippen LogP contribution in [-0.2, 0) is 9.59 Å². The van der Waals surface area contributed by atoms with Crippen LogP contribution in [0.15, 0.2) is 30.3 Å². The molecule has 2 aliphatic rings. The molecule has 2 unspecified atom stereocenters. The minimum atomic E-state index is -0.241. The second-order valence-corrected chi connectivity index (χ2v) is 6.52. The number of benzene rings is 1. The molecule has 0 bridgehead atoms. The van der Waals surface area contributed by atoms with Crippen molar-refractivity contribution in [2.75, 3.05) is 19.6 Å². The predicted octanol–water partition coefficient (Wildman–Crippen LogP) is 1.11. The number of hydrogen-bond acceptors (Lipinski definition) is 4. The van der Waals surface area contributed by atoms with Crippen molar-refractivity contribution in [2.24, 2.45) is 0 Å². The summed E-state index contributed by atoms with van der Waals surface area (Å²) in [6.07, 6.45) is 4.53. The molecule has 130 valence electrons. The van der Waals surface area contributed by atoms with Gasteiger partial charge >= 0.3 is 0 Å². The van der Waals surface area contributed by atoms with Gasteiger partial charge in [-0.05, 0) is 24.8 Å². The highest BCUT2D eigenvalue weighted by Gasteiger charge is 2.29. The molecule has 0 aromatic heterocycles. The summed E-state index contributed by atoms with van der Waals surface area (Å²) in [6.45, 7) is 1.93. The van der Waals surface area contributed by atoms with E-state index >= 15 is 0 Å². The largest absolute Gasteiger partial charge is 0.353 e. The lowest BCUT2D eigenvalue weighted by molar-refractivity contribution is -0.131. The Morgan fingerprint density at radius 1 is 1.17 bits per heavy atom. The molecule has 2 saturated heterocycles. The molecule has 6 nitrogen and oxygen atoms in total. The number of hydrazine groups is 1. The number of hydrogen-bond donors (Lipinski definition) is 3. The third kappa shape index (κ3) is 4.33. The summed E-state index contributed by atoms with van der Waals surface area (Å²) in [6, 6.07) is 10.0. The lowest BCUT2D eigenvalue weighted by atomic mass is 10.0. The van der Waals surface area contributed by atoms with Crippen LogP contribution in [0.25, 0.3) is 0 Å². The van der Waals surface area contributed by atoms with Crippen LogP contribution in [0.3, 0.4) is 0 Å². The molecule has 6 heteroatoms. The van der Waals surface area contributed by atoms with Crippen LogP contribution >= 0.6 is 0 Å². The molecule has 24 heavy (non-hydrogen) atoms. The maximum Gasteiger partial charge on any atom is 0.238 e. The molecule has 0 aliphatic carbocycles. The first-order chi connectivity index (χ1) is 11.7. The molecular weight excluding hydrogens is 304 g/mol. The van der Waals surface area contributed by atoms with Gasteiger partial charge in [-0.15, -0.1) is 0 Å². The van der Waals surface area contributed by atoms with Crippen molar-refractivity contribution >= 4 is 11.8 Å². The smallest absolute Gasteiger partial charge is 0.238 e. The van der Waals surface area contributed by atoms with Crippen molar-refractivity contribution in [1.29, 1.82) is 0 Å². The Morgan fingerprint density at radius 2 is 2.00 bits per heavy atom. The summed E-state index contributed by atoms with van der Waals surface area (Å²) in [5, 5.41) is 2.95. The molecule has 2 heterocycles. The fourth-order valence-electron chi connectivity index (χ4n) is 3.34. The van der Waals surface area contributed by atoms with E-state index in [0.29, 0.717) is 19.5 Å². The lowest BCUT2D eigenvalue weighted by Gasteiger charge is -2.21. The summed E-state index contributed by atoms with van der Waals surface area (Å²) >= 11 is 0. The van der Waals surface area contributed by atoms with E-state index in [1.165, 1.54) is 5.56 Å². The van der Waals surface area contributed by atoms with Crippen LogP contribution in [0.4, 0.5) is 0 Å². The molecule has 2 aliphatic heterocycles. The van der Waals surface area contributed by atoms with Crippen molar-refractivity contribution in [3.63, 3.8) is 0 Å². The van der Waals surface area contributed by atoms with Gasteiger partial charge in [0.15, 0.2) is 0 Å². The molecule has 2 amide bonds. The quantitative estimate of drug-likeness (QED) is 0.756. The number of carbonyl (C=O) groups is 2. The second-order valence-electron chi connectivity index (χ2n) is 6.52. The number of carbonyl (C=O) groups excluding carboxylic acids is 2. The third-order valence-corrected chi connectivity index (χ3v) is 4.77. The second kappa shape index (κ2) is 8.26. The number of rotatable bonds is 5. The number of likely N-dealkylation sites (tertiary alicyclic amines) is 1. The molecule has 3 N–H and O–H groups in total. The first kappa shape index (κ1) is 16.9. The van der Waals surface area contributed by atoms with Crippen molar-refractivity contribution in [1.82, 2.24) is 21.1 Å². The summed E-state index contributed by atoms with van der Waals surface area (Å²) in [7, 11) is 0. The molecule has 2 atom stereocenters. The summed E-state index contributed by atoms with van der Waals surface area (Å²) in [4.78, 5) is 26.1. The maximum atomic E-state index is 12.3. The number of nitrogens with zero attached hydrogens (tertiary/aromatic N) is 1. The van der Waals surface area contributed by atoms with Gasteiger partial charge in [0.2, 0.25) is 11.8 Å². The zero-order valence-corrected chi connectivity index (χ0v) is 14.0. The first-order valence-electron chi connectivity index (χ1n) is 8.85. The van der Waals surface area contributed by atoms with Crippen LogP contribution in [0.1, 0.15) is 43.7 Å². The molecule has 0 saturated carbocycles. The summed E-state index contributed by atoms with van der Waals surface area (Å²) < 4.78 is 0. The van der Waals surface area contributed by atoms with E-state index in [-0.39, 0.29) is 23.9 Å². The minimum Gasteiger partial charge on any atom is -0.353 e. The van der Waals surface area contributed by atoms with Gasteiger partial charge in [-0.1, -0.05) is 36.8 Å². The average molecular weight is 330 g/mol. The Hall–Kier alpha value is -1.92. The van der Waals surface area contributed by atoms with E-state index in [1.807, 2.05) is 23.1 Å². The highest BCUT2D eigenvalue weighted by Crippen LogP contribution is 2.21. The van der Waals surface area contributed by atoms with E-state index in [4.69, 9.17) is 0 Å². The van der Waals surface area contributed by atoms with E-state index in [0.717, 1.165) is 32.2 Å². The van der Waals surface area contributed by atoms with Gasteiger partial charge in [-0.2, -0.15) is 0 Å². The van der Waals surface area contributed by atoms with Gasteiger partial charge in [-0.25, -0.2) is 10.9 Å². The van der Waals surface area contributed by atoms with Crippen LogP contribution in [0.2, 0.25) is 0 Å². The molecule has 0 spiro atoms. The standard InChI is InChI=1S/C18H26N4O2/c23-17-9-5-2-6-11-22(17)12-10-19-18(24)16-13-15(20-21-16)14-7-3-1-4-8-14/h1,3-4,7-8,15-16,20-21H,2,5-6,9-13H2,(H,19,24). The van der Waals surface area contributed by atoms with Gasteiger partial charge in [0.05, 0.1) is 0 Å². The normalized spacial score (nSPS) is 24.7. The Morgan fingerprint density at radius 3 is 2.83 bits per heavy atom. The van der Waals surface area contributed by atoms with Gasteiger partial charge in [-0.3, -0.25) is 9.59 Å². The van der Waals surface area contributed by atoms with Crippen molar-refractivity contribution in [3.05, 3.63) is 35.9 Å². The molecule has 1 aromatic carbocycles. The Kier molecular flexibility index (Phi) is 5.82. The highest BCUT2D eigenvalue weighted by atomic mass is 16.2. The number of amides is 2. The van der Waals surface area contributed by atoms with Gasteiger partial charge in [0.25, 0.3) is 0 Å². The van der Waals surface area contributed by atoms with Gasteiger partial charge < -0.3 is 10.2 Å². The topological polar surface area (TPSA) is 73.5 Å². The maximum absolute atomic E-state index is 12.3. The first-order valence-corrected chi connectivity index (χ1v) is 8.85. The monoisotopic (exact) mass is 330 g/mol. The van der Waals surface area contributed by atoms with Crippen LogP contribution in [-0.4, -0.2) is 42.4 Å². The minimum absolute atomic E-state index is 0.0109. The Balaban J connectivity index is 1.42. The molecule has 3 rings (SSSR count). The molecule has 1 aromatic rings. The fourth-order valence-corrected chi connectivity index (χ4v) is 3.34. The van der Waals surface area contributed by atoms with Crippen molar-refractivity contribution in [3.8, 4) is 0 Å². The summed E-state index contributed by atoms with van der Waals surface area (Å²) in [5.74, 6) is 0.203. The SMILES string of the molecule is O=C(NCCN1CCCCCC1=O)C1CC(c2ccccc2)NN1. The van der Waals surface area contributed by atoms with Crippen LogP contribution < -0.4 is 16.2 Å². The predicted molar refractivity (Wildman–Crippen MR) is 91.9 cm³/mol. The average Bonchev–Trinajstić information content (AvgIpc) is 3.02. The van der Waals surface area contributed by atoms with E-state index in [9.17, 15) is 9.59 Å². The van der Waals surface area contributed by atoms with Crippen molar-refractivity contribution < 1.29 is 9.59 Å². The molecule has 0 radical (unpaired) electrons. The van der Waals surface area contributed by atoms with E-state index in [1.54, 1.807) is 0 Å². The van der Waals surface area contributed by atoms with Crippen LogP contribution in [0, 0.1) is 0 Å². The molecule has 2 fully saturated rings. The summed E-state index contributed by atoms with van der Waals surface area (Å²) in [5.41, 5.74) is 7.43. The van der Waals surface area contributed by atoms with Crippen molar-refractivity contribution in [2.45, 2.75) is 44.2 Å². The highest BCUT2D eigenvalue weighted by molar-refractivity contribution is 5.82. The number of nitrogens with one attached hydrogen (secondary N) is 3. The third-order valence-electron chi connectivity index (χ3n) is 4.77. The zero-order valence-electron chi connectivity index (χ0n) is 14.0. The molecular formula is C18H26N4O2. The fraction of sp³-hybridized carbons (Fsp3) is 0.556. The van der Waals surface area contributed by atoms with Gasteiger partial charge in [0, 0.05) is 32.1 Å². The van der Waals surface area contributed by atoms with Crippen LogP contribution in [0.5, 0.6) is 0 Å². The van der Waals surface area contributed by atoms with E-state index in [2.05, 4.69) is 28.3 Å². The Bertz CT molecular complexity index is 563. The van der Waals surface area contributed by atoms with Gasteiger partial charge in [0.1, 0.15) is 6.04 Å². The lowest BCUT2D eigenvalue weighted by Crippen LogP contribution is -2.46. The Labute approximate surface area is 143 Å². The van der Waals surface area contributed by atoms with E-state index < -0.39 is 0 Å².